The van der Waals surface area contributed by atoms with Crippen LogP contribution < -0.4 is 4.74 Å². The van der Waals surface area contributed by atoms with E-state index in [1.165, 1.54) is 11.1 Å². The molecular formula is C15H15ClO. The summed E-state index contributed by atoms with van der Waals surface area (Å²) in [6.45, 7) is 2.67. The Morgan fingerprint density at radius 1 is 0.941 bits per heavy atom. The van der Waals surface area contributed by atoms with E-state index in [1.807, 2.05) is 36.4 Å². The number of ether oxygens (including phenoxy) is 1. The maximum atomic E-state index is 5.87. The Morgan fingerprint density at radius 3 is 2.29 bits per heavy atom. The van der Waals surface area contributed by atoms with Gasteiger partial charge >= 0.3 is 0 Å². The Bertz CT molecular complexity index is 494. The van der Waals surface area contributed by atoms with Crippen LogP contribution in [0.2, 0.25) is 0 Å². The topological polar surface area (TPSA) is 9.23 Å². The molecule has 0 N–H and O–H groups in total. The van der Waals surface area contributed by atoms with Gasteiger partial charge < -0.3 is 4.74 Å². The lowest BCUT2D eigenvalue weighted by Gasteiger charge is -2.11. The van der Waals surface area contributed by atoms with Crippen molar-refractivity contribution in [2.24, 2.45) is 0 Å². The summed E-state index contributed by atoms with van der Waals surface area (Å²) in [5.41, 5.74) is 3.48. The smallest absolute Gasteiger partial charge is 0.124 e. The SMILES string of the molecule is Cc1ccccc1COc1ccccc1CCl. The van der Waals surface area contributed by atoms with Crippen LogP contribution >= 0.6 is 11.6 Å². The zero-order valence-corrected chi connectivity index (χ0v) is 10.6. The number of rotatable bonds is 4. The lowest BCUT2D eigenvalue weighted by atomic mass is 10.1. The number of aryl methyl sites for hydroxylation is 1. The minimum atomic E-state index is 0.476. The summed E-state index contributed by atoms with van der Waals surface area (Å²) < 4.78 is 5.81. The largest absolute Gasteiger partial charge is 0.489 e. The molecule has 2 aromatic rings. The monoisotopic (exact) mass is 246 g/mol. The van der Waals surface area contributed by atoms with Crippen molar-refractivity contribution in [3.8, 4) is 5.75 Å². The molecular weight excluding hydrogens is 232 g/mol. The number of hydrogen-bond donors (Lipinski definition) is 0. The molecule has 0 aromatic heterocycles. The molecule has 2 rings (SSSR count). The average molecular weight is 247 g/mol. The summed E-state index contributed by atoms with van der Waals surface area (Å²) >= 11 is 5.87. The van der Waals surface area contributed by atoms with Crippen LogP contribution in [0, 0.1) is 6.92 Å². The van der Waals surface area contributed by atoms with Gasteiger partial charge in [-0.05, 0) is 24.1 Å². The number of benzene rings is 2. The highest BCUT2D eigenvalue weighted by Gasteiger charge is 2.03. The standard InChI is InChI=1S/C15H15ClO/c1-12-6-2-3-8-14(12)11-17-15-9-5-4-7-13(15)10-16/h2-9H,10-11H2,1H3. The maximum absolute atomic E-state index is 5.87. The van der Waals surface area contributed by atoms with Crippen LogP contribution in [0.25, 0.3) is 0 Å². The van der Waals surface area contributed by atoms with E-state index in [0.717, 1.165) is 11.3 Å². The van der Waals surface area contributed by atoms with E-state index >= 15 is 0 Å². The normalized spacial score (nSPS) is 10.2. The molecule has 0 saturated carbocycles. The first kappa shape index (κ1) is 12.0. The molecule has 2 heteroatoms. The van der Waals surface area contributed by atoms with Gasteiger partial charge in [0.2, 0.25) is 0 Å². The Labute approximate surface area is 107 Å². The molecule has 0 radical (unpaired) electrons. The zero-order valence-electron chi connectivity index (χ0n) is 9.82. The van der Waals surface area contributed by atoms with Crippen LogP contribution in [0.1, 0.15) is 16.7 Å². The molecule has 0 bridgehead atoms. The van der Waals surface area contributed by atoms with Gasteiger partial charge in [0.25, 0.3) is 0 Å². The molecule has 0 heterocycles. The van der Waals surface area contributed by atoms with Gasteiger partial charge in [-0.3, -0.25) is 0 Å². The highest BCUT2D eigenvalue weighted by atomic mass is 35.5. The molecule has 0 aliphatic heterocycles. The molecule has 1 nitrogen and oxygen atoms in total. The predicted octanol–water partition coefficient (Wildman–Crippen LogP) is 4.31. The molecule has 0 spiro atoms. The summed E-state index contributed by atoms with van der Waals surface area (Å²) in [6, 6.07) is 16.1. The summed E-state index contributed by atoms with van der Waals surface area (Å²) in [7, 11) is 0. The van der Waals surface area contributed by atoms with Gasteiger partial charge in [0.15, 0.2) is 0 Å². The predicted molar refractivity (Wildman–Crippen MR) is 71.5 cm³/mol. The molecule has 2 aromatic carbocycles. The molecule has 0 amide bonds. The molecule has 0 unspecified atom stereocenters. The quantitative estimate of drug-likeness (QED) is 0.731. The van der Waals surface area contributed by atoms with Crippen molar-refractivity contribution in [3.05, 3.63) is 65.2 Å². The van der Waals surface area contributed by atoms with E-state index < -0.39 is 0 Å². The van der Waals surface area contributed by atoms with Crippen LogP contribution in [0.3, 0.4) is 0 Å². The summed E-state index contributed by atoms with van der Waals surface area (Å²) in [5.74, 6) is 1.34. The van der Waals surface area contributed by atoms with Gasteiger partial charge in [0.1, 0.15) is 12.4 Å². The number of alkyl halides is 1. The Morgan fingerprint density at radius 2 is 1.59 bits per heavy atom. The Hall–Kier alpha value is -1.47. The fourth-order valence-corrected chi connectivity index (χ4v) is 1.90. The highest BCUT2D eigenvalue weighted by molar-refractivity contribution is 6.17. The fourth-order valence-electron chi connectivity index (χ4n) is 1.68. The van der Waals surface area contributed by atoms with Crippen molar-refractivity contribution >= 4 is 11.6 Å². The van der Waals surface area contributed by atoms with Crippen LogP contribution in [0.4, 0.5) is 0 Å². The first-order valence-corrected chi connectivity index (χ1v) is 6.16. The molecule has 0 aliphatic carbocycles. The first-order valence-electron chi connectivity index (χ1n) is 5.62. The Kier molecular flexibility index (Phi) is 4.05. The molecule has 17 heavy (non-hydrogen) atoms. The van der Waals surface area contributed by atoms with Crippen LogP contribution in [0.15, 0.2) is 48.5 Å². The Balaban J connectivity index is 2.10. The van der Waals surface area contributed by atoms with Gasteiger partial charge in [0.05, 0.1) is 5.88 Å². The third kappa shape index (κ3) is 3.01. The summed E-state index contributed by atoms with van der Waals surface area (Å²) in [6.07, 6.45) is 0. The minimum Gasteiger partial charge on any atom is -0.489 e. The fraction of sp³-hybridized carbons (Fsp3) is 0.200. The molecule has 0 aliphatic rings. The van der Waals surface area contributed by atoms with Crippen molar-refractivity contribution < 1.29 is 4.74 Å². The van der Waals surface area contributed by atoms with Gasteiger partial charge in [-0.2, -0.15) is 0 Å². The van der Waals surface area contributed by atoms with Gasteiger partial charge in [0, 0.05) is 5.56 Å². The van der Waals surface area contributed by atoms with E-state index in [1.54, 1.807) is 0 Å². The van der Waals surface area contributed by atoms with Crippen molar-refractivity contribution in [3.63, 3.8) is 0 Å². The lowest BCUT2D eigenvalue weighted by Crippen LogP contribution is -1.99. The second kappa shape index (κ2) is 5.74. The second-order valence-electron chi connectivity index (χ2n) is 3.96. The van der Waals surface area contributed by atoms with E-state index in [2.05, 4.69) is 19.1 Å². The van der Waals surface area contributed by atoms with Crippen molar-refractivity contribution in [1.29, 1.82) is 0 Å². The zero-order chi connectivity index (χ0) is 12.1. The second-order valence-corrected chi connectivity index (χ2v) is 4.22. The van der Waals surface area contributed by atoms with E-state index in [-0.39, 0.29) is 0 Å². The molecule has 0 fully saturated rings. The third-order valence-corrected chi connectivity index (χ3v) is 3.05. The van der Waals surface area contributed by atoms with Crippen LogP contribution in [0.5, 0.6) is 5.75 Å². The average Bonchev–Trinajstić information content (AvgIpc) is 2.38. The van der Waals surface area contributed by atoms with E-state index in [9.17, 15) is 0 Å². The highest BCUT2D eigenvalue weighted by Crippen LogP contribution is 2.21. The molecule has 88 valence electrons. The van der Waals surface area contributed by atoms with Gasteiger partial charge in [-0.1, -0.05) is 42.5 Å². The molecule has 0 atom stereocenters. The van der Waals surface area contributed by atoms with Crippen LogP contribution in [-0.2, 0) is 12.5 Å². The van der Waals surface area contributed by atoms with Crippen molar-refractivity contribution in [2.45, 2.75) is 19.4 Å². The van der Waals surface area contributed by atoms with Crippen molar-refractivity contribution in [2.75, 3.05) is 0 Å². The maximum Gasteiger partial charge on any atom is 0.124 e. The number of para-hydroxylation sites is 1. The number of hydrogen-bond acceptors (Lipinski definition) is 1. The van der Waals surface area contributed by atoms with Crippen LogP contribution in [-0.4, -0.2) is 0 Å². The third-order valence-electron chi connectivity index (χ3n) is 2.76. The van der Waals surface area contributed by atoms with Crippen molar-refractivity contribution in [1.82, 2.24) is 0 Å². The van der Waals surface area contributed by atoms with E-state index in [0.29, 0.717) is 12.5 Å². The summed E-state index contributed by atoms with van der Waals surface area (Å²) in [5, 5.41) is 0. The van der Waals surface area contributed by atoms with Gasteiger partial charge in [-0.15, -0.1) is 11.6 Å². The molecule has 0 saturated heterocycles. The lowest BCUT2D eigenvalue weighted by molar-refractivity contribution is 0.303. The van der Waals surface area contributed by atoms with E-state index in [4.69, 9.17) is 16.3 Å². The summed E-state index contributed by atoms with van der Waals surface area (Å²) in [4.78, 5) is 0. The first-order chi connectivity index (χ1) is 8.31. The van der Waals surface area contributed by atoms with Gasteiger partial charge in [-0.25, -0.2) is 0 Å². The number of halogens is 1. The minimum absolute atomic E-state index is 0.476.